The van der Waals surface area contributed by atoms with Gasteiger partial charge in [0.15, 0.2) is 0 Å². The molecule has 4 heteroatoms. The Kier molecular flexibility index (Phi) is 14.7. The fourth-order valence-corrected chi connectivity index (χ4v) is 6.59. The average Bonchev–Trinajstić information content (AvgIpc) is 3.47. The molecule has 1 aliphatic rings. The molecular formula is C38H48Cl2SiZr-2. The number of allylic oxidation sites excluding steroid dienone is 4. The van der Waals surface area contributed by atoms with Gasteiger partial charge in [0.05, 0.1) is 0 Å². The Morgan fingerprint density at radius 3 is 1.60 bits per heavy atom. The number of hydrogen-bond donors (Lipinski definition) is 0. The van der Waals surface area contributed by atoms with Crippen LogP contribution in [0.15, 0.2) is 90.1 Å². The minimum absolute atomic E-state index is 0. The van der Waals surface area contributed by atoms with Crippen molar-refractivity contribution in [2.24, 2.45) is 5.92 Å². The molecule has 5 rings (SSSR count). The molecule has 0 saturated carbocycles. The summed E-state index contributed by atoms with van der Waals surface area (Å²) in [6, 6.07) is 26.7. The maximum atomic E-state index is 3.29. The van der Waals surface area contributed by atoms with Gasteiger partial charge in [-0.25, -0.2) is 11.3 Å². The van der Waals surface area contributed by atoms with Crippen LogP contribution in [0.25, 0.3) is 21.5 Å². The SMILES string of the molecule is CC(C)(C)c1ccc2c(c1)[cH-]c1cc(C(C)(C)C)ccc12.CC1[C-]=CC([Si](C)(C)C)=C1.[Cl-].[Cl-].[Zr+2]=[CH]Cc1ccccc1. The van der Waals surface area contributed by atoms with Crippen LogP contribution in [0.3, 0.4) is 0 Å². The summed E-state index contributed by atoms with van der Waals surface area (Å²) in [6.07, 6.45) is 8.93. The minimum atomic E-state index is -1.02. The second kappa shape index (κ2) is 16.0. The fourth-order valence-electron chi connectivity index (χ4n) is 4.74. The van der Waals surface area contributed by atoms with Gasteiger partial charge in [0.25, 0.3) is 0 Å². The summed E-state index contributed by atoms with van der Waals surface area (Å²) >= 11 is 1.51. The van der Waals surface area contributed by atoms with Crippen LogP contribution in [0.5, 0.6) is 0 Å². The van der Waals surface area contributed by atoms with Gasteiger partial charge in [0.2, 0.25) is 0 Å². The topological polar surface area (TPSA) is 0 Å². The van der Waals surface area contributed by atoms with Crippen molar-refractivity contribution in [3.05, 3.63) is 113 Å². The zero-order valence-corrected chi connectivity index (χ0v) is 32.2. The maximum absolute atomic E-state index is 3.29. The number of rotatable bonds is 3. The molecule has 0 saturated heterocycles. The molecule has 0 amide bonds. The first-order valence-electron chi connectivity index (χ1n) is 14.6. The van der Waals surface area contributed by atoms with Crippen molar-refractivity contribution in [3.8, 4) is 0 Å². The van der Waals surface area contributed by atoms with E-state index in [9.17, 15) is 0 Å². The molecule has 0 heterocycles. The van der Waals surface area contributed by atoms with E-state index < -0.39 is 8.07 Å². The van der Waals surface area contributed by atoms with Gasteiger partial charge in [-0.1, -0.05) is 109 Å². The molecule has 42 heavy (non-hydrogen) atoms. The van der Waals surface area contributed by atoms with Crippen LogP contribution in [-0.4, -0.2) is 11.8 Å². The summed E-state index contributed by atoms with van der Waals surface area (Å²) in [4.78, 5) is 0. The predicted molar refractivity (Wildman–Crippen MR) is 179 cm³/mol. The van der Waals surface area contributed by atoms with Crippen LogP contribution >= 0.6 is 0 Å². The molecule has 0 fully saturated rings. The van der Waals surface area contributed by atoms with E-state index in [2.05, 4.69) is 157 Å². The summed E-state index contributed by atoms with van der Waals surface area (Å²) < 4.78 is 2.25. The number of fused-ring (bicyclic) bond motifs is 3. The van der Waals surface area contributed by atoms with E-state index in [0.29, 0.717) is 5.92 Å². The summed E-state index contributed by atoms with van der Waals surface area (Å²) in [5.74, 6) is 0.557. The van der Waals surface area contributed by atoms with Gasteiger partial charge in [0, 0.05) is 0 Å². The molecule has 4 aromatic rings. The zero-order valence-electron chi connectivity index (χ0n) is 27.2. The van der Waals surface area contributed by atoms with E-state index in [1.165, 1.54) is 62.5 Å². The van der Waals surface area contributed by atoms with Crippen molar-refractivity contribution in [1.29, 1.82) is 0 Å². The Bertz CT molecular complexity index is 1420. The Morgan fingerprint density at radius 1 is 0.786 bits per heavy atom. The van der Waals surface area contributed by atoms with Gasteiger partial charge in [-0.05, 0) is 18.9 Å². The van der Waals surface area contributed by atoms with Crippen molar-refractivity contribution in [2.45, 2.75) is 85.4 Å². The van der Waals surface area contributed by atoms with Gasteiger partial charge < -0.3 is 24.8 Å². The second-order valence-electron chi connectivity index (χ2n) is 14.1. The molecule has 0 nitrogen and oxygen atoms in total. The average molecular weight is 695 g/mol. The van der Waals surface area contributed by atoms with Crippen LogP contribution < -0.4 is 24.8 Å². The third kappa shape index (κ3) is 10.9. The molecule has 0 aromatic heterocycles. The van der Waals surface area contributed by atoms with E-state index in [4.69, 9.17) is 0 Å². The first-order chi connectivity index (χ1) is 18.6. The molecule has 0 bridgehead atoms. The Hall–Kier alpha value is -1.44. The van der Waals surface area contributed by atoms with Crippen LogP contribution in [0.4, 0.5) is 0 Å². The third-order valence-corrected chi connectivity index (χ3v) is 9.96. The van der Waals surface area contributed by atoms with Gasteiger partial charge in [0.1, 0.15) is 0 Å². The number of benzene rings is 3. The van der Waals surface area contributed by atoms with E-state index in [1.54, 1.807) is 5.20 Å². The van der Waals surface area contributed by atoms with E-state index in [0.717, 1.165) is 6.42 Å². The summed E-state index contributed by atoms with van der Waals surface area (Å²) in [7, 11) is -1.02. The number of halogens is 2. The van der Waals surface area contributed by atoms with E-state index in [-0.39, 0.29) is 35.6 Å². The van der Waals surface area contributed by atoms with Gasteiger partial charge in [-0.3, -0.25) is 6.08 Å². The van der Waals surface area contributed by atoms with Gasteiger partial charge >= 0.3 is 70.3 Å². The normalized spacial score (nSPS) is 14.6. The standard InChI is InChI=1S/C21H25.C9H15Si.C8H8.2ClH.Zr/c1-20(2,3)16-7-9-18-14(12-16)11-15-13-17(21(4,5)6)8-10-19(15)18;1-8-5-6-9(7-8)10(2,3)4;1-2-8-6-4-3-5-7-8;;;/h7-13H,1-6H3;6-8H,1-4H3;1,3-7H,2H2;2*1H;/q2*-1;;;;+2/p-2. The van der Waals surface area contributed by atoms with Crippen LogP contribution in [0.1, 0.15) is 65.2 Å². The molecule has 0 aliphatic heterocycles. The third-order valence-electron chi connectivity index (χ3n) is 7.41. The molecule has 1 aliphatic carbocycles. The van der Waals surface area contributed by atoms with E-state index in [1.807, 2.05) is 6.07 Å². The Labute approximate surface area is 284 Å². The molecule has 0 radical (unpaired) electrons. The quantitative estimate of drug-likeness (QED) is 0.216. The number of hydrogen-bond acceptors (Lipinski definition) is 0. The predicted octanol–water partition coefficient (Wildman–Crippen LogP) is 4.69. The van der Waals surface area contributed by atoms with Crippen molar-refractivity contribution in [2.75, 3.05) is 0 Å². The molecule has 1 unspecified atom stereocenters. The summed E-state index contributed by atoms with van der Waals surface area (Å²) in [5.41, 5.74) is 4.62. The van der Waals surface area contributed by atoms with Crippen LogP contribution in [0.2, 0.25) is 19.6 Å². The van der Waals surface area contributed by atoms with Crippen molar-refractivity contribution < 1.29 is 49.0 Å². The molecular weight excluding hydrogens is 647 g/mol. The zero-order chi connectivity index (χ0) is 29.7. The van der Waals surface area contributed by atoms with Crippen molar-refractivity contribution in [3.63, 3.8) is 0 Å². The van der Waals surface area contributed by atoms with E-state index >= 15 is 0 Å². The Balaban J connectivity index is 0.000000353. The molecule has 1 atom stereocenters. The monoisotopic (exact) mass is 692 g/mol. The first-order valence-corrected chi connectivity index (χ1v) is 19.5. The van der Waals surface area contributed by atoms with Gasteiger partial charge in [-0.2, -0.15) is 6.08 Å². The second-order valence-corrected chi connectivity index (χ2v) is 20.2. The molecule has 0 N–H and O–H groups in total. The fraction of sp³-hybridized carbons (Fsp3) is 0.368. The van der Waals surface area contributed by atoms with Crippen molar-refractivity contribution >= 4 is 33.3 Å². The van der Waals surface area contributed by atoms with Crippen LogP contribution in [-0.2, 0) is 41.5 Å². The first kappa shape index (κ1) is 38.6. The Morgan fingerprint density at radius 2 is 1.26 bits per heavy atom. The summed E-state index contributed by atoms with van der Waals surface area (Å²) in [6.45, 7) is 22.9. The summed E-state index contributed by atoms with van der Waals surface area (Å²) in [5, 5.41) is 7.03. The van der Waals surface area contributed by atoms with Crippen molar-refractivity contribution in [1.82, 2.24) is 0 Å². The molecule has 224 valence electrons. The molecule has 4 aromatic carbocycles. The van der Waals surface area contributed by atoms with Crippen LogP contribution in [0, 0.1) is 12.0 Å². The van der Waals surface area contributed by atoms with Gasteiger partial charge in [-0.15, -0.1) is 39.7 Å². The molecule has 0 spiro atoms.